The molecular formula is C22H21NO4. The molecule has 4 rings (SSSR count). The van der Waals surface area contributed by atoms with Crippen molar-refractivity contribution in [1.29, 1.82) is 0 Å². The van der Waals surface area contributed by atoms with Gasteiger partial charge in [0.25, 0.3) is 0 Å². The summed E-state index contributed by atoms with van der Waals surface area (Å²) in [5.41, 5.74) is 1.61. The monoisotopic (exact) mass is 363 g/mol. The van der Waals surface area contributed by atoms with E-state index < -0.39 is 5.97 Å². The number of para-hydroxylation sites is 2. The van der Waals surface area contributed by atoms with Crippen molar-refractivity contribution < 1.29 is 19.1 Å². The first-order chi connectivity index (χ1) is 13.1. The third-order valence-corrected chi connectivity index (χ3v) is 5.51. The van der Waals surface area contributed by atoms with E-state index in [4.69, 9.17) is 4.74 Å². The Labute approximate surface area is 157 Å². The van der Waals surface area contributed by atoms with Gasteiger partial charge in [0.05, 0.1) is 23.1 Å². The third-order valence-electron chi connectivity index (χ3n) is 5.51. The minimum absolute atomic E-state index is 0.177. The normalized spacial score (nSPS) is 21.9. The molecule has 5 nitrogen and oxygen atoms in total. The Hall–Kier alpha value is -2.95. The topological polar surface area (TPSA) is 63.7 Å². The SMILES string of the molecule is Cc1ccccc1C(=O)Oc1ccccc1N1C(=O)[C@@H]2CCCC[C@H]2C1=O. The lowest BCUT2D eigenvalue weighted by Crippen LogP contribution is -2.31. The van der Waals surface area contributed by atoms with E-state index in [0.29, 0.717) is 11.3 Å². The summed E-state index contributed by atoms with van der Waals surface area (Å²) in [6.45, 7) is 1.83. The number of aryl methyl sites for hydroxylation is 1. The maximum atomic E-state index is 12.9. The number of hydrogen-bond acceptors (Lipinski definition) is 4. The molecule has 0 bridgehead atoms. The Balaban J connectivity index is 1.66. The predicted molar refractivity (Wildman–Crippen MR) is 101 cm³/mol. The number of nitrogens with zero attached hydrogens (tertiary/aromatic N) is 1. The number of ether oxygens (including phenoxy) is 1. The van der Waals surface area contributed by atoms with Crippen molar-refractivity contribution in [1.82, 2.24) is 0 Å². The van der Waals surface area contributed by atoms with E-state index >= 15 is 0 Å². The van der Waals surface area contributed by atoms with Gasteiger partial charge in [-0.1, -0.05) is 43.2 Å². The fourth-order valence-electron chi connectivity index (χ4n) is 4.08. The summed E-state index contributed by atoms with van der Waals surface area (Å²) in [5, 5.41) is 0. The highest BCUT2D eigenvalue weighted by Gasteiger charge is 2.49. The Bertz CT molecular complexity index is 896. The smallest absolute Gasteiger partial charge is 0.343 e. The minimum Gasteiger partial charge on any atom is -0.421 e. The van der Waals surface area contributed by atoms with E-state index in [9.17, 15) is 14.4 Å². The second-order valence-electron chi connectivity index (χ2n) is 7.18. The first-order valence-electron chi connectivity index (χ1n) is 9.32. The predicted octanol–water partition coefficient (Wildman–Crippen LogP) is 3.89. The van der Waals surface area contributed by atoms with E-state index in [1.807, 2.05) is 19.1 Å². The average Bonchev–Trinajstić information content (AvgIpc) is 2.94. The summed E-state index contributed by atoms with van der Waals surface area (Å²) in [4.78, 5) is 39.6. The van der Waals surface area contributed by atoms with Crippen LogP contribution in [0.1, 0.15) is 41.6 Å². The van der Waals surface area contributed by atoms with Crippen molar-refractivity contribution in [3.63, 3.8) is 0 Å². The van der Waals surface area contributed by atoms with Gasteiger partial charge in [-0.05, 0) is 43.5 Å². The van der Waals surface area contributed by atoms with Gasteiger partial charge in [0, 0.05) is 0 Å². The van der Waals surface area contributed by atoms with Gasteiger partial charge < -0.3 is 4.74 Å². The van der Waals surface area contributed by atoms with Crippen molar-refractivity contribution in [3.8, 4) is 5.75 Å². The van der Waals surface area contributed by atoms with Crippen molar-refractivity contribution >= 4 is 23.5 Å². The minimum atomic E-state index is -0.503. The number of amides is 2. The van der Waals surface area contributed by atoms with E-state index in [0.717, 1.165) is 31.2 Å². The molecule has 0 radical (unpaired) electrons. The van der Waals surface area contributed by atoms with Gasteiger partial charge in [-0.2, -0.15) is 0 Å². The molecule has 0 N–H and O–H groups in total. The maximum Gasteiger partial charge on any atom is 0.343 e. The molecule has 1 aliphatic carbocycles. The zero-order valence-corrected chi connectivity index (χ0v) is 15.2. The van der Waals surface area contributed by atoms with Crippen LogP contribution in [0.15, 0.2) is 48.5 Å². The van der Waals surface area contributed by atoms with Crippen LogP contribution >= 0.6 is 0 Å². The van der Waals surface area contributed by atoms with E-state index in [1.165, 1.54) is 4.90 Å². The van der Waals surface area contributed by atoms with E-state index in [2.05, 4.69) is 0 Å². The van der Waals surface area contributed by atoms with Crippen LogP contribution in [0.4, 0.5) is 5.69 Å². The Morgan fingerprint density at radius 2 is 1.52 bits per heavy atom. The molecule has 2 amide bonds. The number of imide groups is 1. The van der Waals surface area contributed by atoms with Crippen LogP contribution in [0.2, 0.25) is 0 Å². The molecule has 2 atom stereocenters. The Morgan fingerprint density at radius 1 is 0.926 bits per heavy atom. The molecular weight excluding hydrogens is 342 g/mol. The molecule has 1 saturated heterocycles. The average molecular weight is 363 g/mol. The van der Waals surface area contributed by atoms with E-state index in [-0.39, 0.29) is 29.4 Å². The largest absolute Gasteiger partial charge is 0.421 e. The zero-order valence-electron chi connectivity index (χ0n) is 15.2. The molecule has 2 aliphatic rings. The summed E-state index contributed by atoms with van der Waals surface area (Å²) in [5.74, 6) is -1.12. The maximum absolute atomic E-state index is 12.9. The summed E-state index contributed by atoms with van der Waals surface area (Å²) in [6.07, 6.45) is 3.43. The fourth-order valence-corrected chi connectivity index (χ4v) is 4.08. The van der Waals surface area contributed by atoms with Crippen molar-refractivity contribution in [2.24, 2.45) is 11.8 Å². The molecule has 2 aromatic carbocycles. The summed E-state index contributed by atoms with van der Waals surface area (Å²) in [7, 11) is 0. The molecule has 2 fully saturated rings. The summed E-state index contributed by atoms with van der Waals surface area (Å²) in [6, 6.07) is 13.9. The van der Waals surface area contributed by atoms with Crippen molar-refractivity contribution in [3.05, 3.63) is 59.7 Å². The molecule has 0 spiro atoms. The first kappa shape index (κ1) is 17.5. The van der Waals surface area contributed by atoms with Crippen LogP contribution in [-0.4, -0.2) is 17.8 Å². The number of hydrogen-bond donors (Lipinski definition) is 0. The highest BCUT2D eigenvalue weighted by Crippen LogP contribution is 2.42. The molecule has 2 aromatic rings. The number of esters is 1. The zero-order chi connectivity index (χ0) is 19.0. The molecule has 138 valence electrons. The lowest BCUT2D eigenvalue weighted by Gasteiger charge is -2.19. The summed E-state index contributed by atoms with van der Waals surface area (Å²) < 4.78 is 5.59. The number of benzene rings is 2. The molecule has 0 unspecified atom stereocenters. The Kier molecular flexibility index (Phi) is 4.52. The molecule has 1 aliphatic heterocycles. The van der Waals surface area contributed by atoms with Gasteiger partial charge in [-0.15, -0.1) is 0 Å². The van der Waals surface area contributed by atoms with Gasteiger partial charge in [0.1, 0.15) is 0 Å². The van der Waals surface area contributed by atoms with E-state index in [1.54, 1.807) is 36.4 Å². The molecule has 1 heterocycles. The highest BCUT2D eigenvalue weighted by molar-refractivity contribution is 6.22. The van der Waals surface area contributed by atoms with Gasteiger partial charge in [0.15, 0.2) is 5.75 Å². The van der Waals surface area contributed by atoms with Crippen LogP contribution in [0.5, 0.6) is 5.75 Å². The van der Waals surface area contributed by atoms with Crippen LogP contribution in [0, 0.1) is 18.8 Å². The standard InChI is InChI=1S/C22H21NO4/c1-14-8-2-3-9-15(14)22(26)27-19-13-7-6-12-18(19)23-20(24)16-10-4-5-11-17(16)21(23)25/h2-3,6-9,12-13,16-17H,4-5,10-11H2,1H3/t16-,17-/m1/s1. The number of carbonyl (C=O) groups excluding carboxylic acids is 3. The lowest BCUT2D eigenvalue weighted by atomic mass is 9.81. The van der Waals surface area contributed by atoms with Crippen molar-refractivity contribution in [2.75, 3.05) is 4.90 Å². The summed E-state index contributed by atoms with van der Waals surface area (Å²) >= 11 is 0. The number of rotatable bonds is 3. The second kappa shape index (κ2) is 6.99. The van der Waals surface area contributed by atoms with Crippen LogP contribution in [-0.2, 0) is 9.59 Å². The number of fused-ring (bicyclic) bond motifs is 1. The lowest BCUT2D eigenvalue weighted by molar-refractivity contribution is -0.122. The van der Waals surface area contributed by atoms with Crippen LogP contribution in [0.3, 0.4) is 0 Å². The first-order valence-corrected chi connectivity index (χ1v) is 9.32. The third kappa shape index (κ3) is 3.03. The highest BCUT2D eigenvalue weighted by atomic mass is 16.5. The van der Waals surface area contributed by atoms with Crippen molar-refractivity contribution in [2.45, 2.75) is 32.6 Å². The Morgan fingerprint density at radius 3 is 2.19 bits per heavy atom. The second-order valence-corrected chi connectivity index (χ2v) is 7.18. The molecule has 5 heteroatoms. The van der Waals surface area contributed by atoms with Gasteiger partial charge >= 0.3 is 5.97 Å². The molecule has 27 heavy (non-hydrogen) atoms. The van der Waals surface area contributed by atoms with Gasteiger partial charge in [-0.3, -0.25) is 9.59 Å². The number of carbonyl (C=O) groups is 3. The van der Waals surface area contributed by atoms with Crippen LogP contribution < -0.4 is 9.64 Å². The van der Waals surface area contributed by atoms with Crippen LogP contribution in [0.25, 0.3) is 0 Å². The fraction of sp³-hybridized carbons (Fsp3) is 0.318. The number of anilines is 1. The van der Waals surface area contributed by atoms with Gasteiger partial charge in [0.2, 0.25) is 11.8 Å². The molecule has 0 aromatic heterocycles. The van der Waals surface area contributed by atoms with Gasteiger partial charge in [-0.25, -0.2) is 9.69 Å². The quantitative estimate of drug-likeness (QED) is 0.471. The molecule has 1 saturated carbocycles.